The van der Waals surface area contributed by atoms with Crippen molar-refractivity contribution in [2.24, 2.45) is 4.99 Å². The van der Waals surface area contributed by atoms with Crippen LogP contribution in [0.25, 0.3) is 0 Å². The van der Waals surface area contributed by atoms with Crippen molar-refractivity contribution >= 4 is 29.9 Å². The normalized spacial score (nSPS) is 15.6. The molecule has 7 heteroatoms. The predicted molar refractivity (Wildman–Crippen MR) is 116 cm³/mol. The van der Waals surface area contributed by atoms with E-state index in [0.717, 1.165) is 32.0 Å². The number of halogens is 1. The second-order valence-electron chi connectivity index (χ2n) is 6.51. The minimum absolute atomic E-state index is 0. The van der Waals surface area contributed by atoms with Crippen LogP contribution in [0.4, 0.5) is 0 Å². The fraction of sp³-hybridized carbons (Fsp3) is 0.778. The highest BCUT2D eigenvalue weighted by atomic mass is 127. The standard InChI is InChI=1S/C18H34N6.HI/c1-19-18(21-11-8-16-24-17-9-12-22-24)20-10-4-2-5-13-23-14-6-3-7-15-23;/h9,12,17H,2-8,10-11,13-16H2,1H3,(H2,19,20,21);1H. The largest absolute Gasteiger partial charge is 0.356 e. The van der Waals surface area contributed by atoms with E-state index in [-0.39, 0.29) is 24.0 Å². The van der Waals surface area contributed by atoms with Crippen LogP contribution in [0, 0.1) is 0 Å². The summed E-state index contributed by atoms with van der Waals surface area (Å²) < 4.78 is 1.96. The smallest absolute Gasteiger partial charge is 0.190 e. The Hall–Kier alpha value is -0.830. The first-order chi connectivity index (χ1) is 11.9. The van der Waals surface area contributed by atoms with Gasteiger partial charge in [0.2, 0.25) is 0 Å². The van der Waals surface area contributed by atoms with Gasteiger partial charge in [0.25, 0.3) is 0 Å². The summed E-state index contributed by atoms with van der Waals surface area (Å²) in [5.41, 5.74) is 0. The number of nitrogens with zero attached hydrogens (tertiary/aromatic N) is 4. The third-order valence-electron chi connectivity index (χ3n) is 4.53. The summed E-state index contributed by atoms with van der Waals surface area (Å²) in [5, 5.41) is 11.0. The first-order valence-corrected chi connectivity index (χ1v) is 9.53. The number of hydrogen-bond acceptors (Lipinski definition) is 3. The first-order valence-electron chi connectivity index (χ1n) is 9.53. The summed E-state index contributed by atoms with van der Waals surface area (Å²) >= 11 is 0. The van der Waals surface area contributed by atoms with Gasteiger partial charge in [-0.25, -0.2) is 0 Å². The summed E-state index contributed by atoms with van der Waals surface area (Å²) in [7, 11) is 1.83. The third kappa shape index (κ3) is 10.0. The lowest BCUT2D eigenvalue weighted by molar-refractivity contribution is 0.224. The van der Waals surface area contributed by atoms with E-state index in [4.69, 9.17) is 0 Å². The van der Waals surface area contributed by atoms with Crippen molar-refractivity contribution < 1.29 is 0 Å². The second kappa shape index (κ2) is 14.4. The number of piperidine rings is 1. The molecule has 1 fully saturated rings. The molecule has 0 radical (unpaired) electrons. The number of hydrogen-bond donors (Lipinski definition) is 2. The predicted octanol–water partition coefficient (Wildman–Crippen LogP) is 2.71. The van der Waals surface area contributed by atoms with E-state index in [9.17, 15) is 0 Å². The number of aromatic nitrogens is 2. The number of rotatable bonds is 10. The van der Waals surface area contributed by atoms with Gasteiger partial charge in [0.15, 0.2) is 5.96 Å². The van der Waals surface area contributed by atoms with Gasteiger partial charge in [-0.2, -0.15) is 5.10 Å². The van der Waals surface area contributed by atoms with Crippen LogP contribution in [0.1, 0.15) is 44.9 Å². The van der Waals surface area contributed by atoms with Gasteiger partial charge >= 0.3 is 0 Å². The number of aryl methyl sites for hydroxylation is 1. The van der Waals surface area contributed by atoms with Crippen LogP contribution in [0.15, 0.2) is 23.5 Å². The Labute approximate surface area is 169 Å². The van der Waals surface area contributed by atoms with Crippen molar-refractivity contribution in [3.8, 4) is 0 Å². The van der Waals surface area contributed by atoms with E-state index in [1.165, 1.54) is 58.2 Å². The minimum atomic E-state index is 0. The van der Waals surface area contributed by atoms with Crippen molar-refractivity contribution in [1.82, 2.24) is 25.3 Å². The van der Waals surface area contributed by atoms with Crippen LogP contribution in [0.5, 0.6) is 0 Å². The zero-order chi connectivity index (χ0) is 16.9. The maximum absolute atomic E-state index is 4.28. The van der Waals surface area contributed by atoms with E-state index in [1.54, 1.807) is 0 Å². The van der Waals surface area contributed by atoms with E-state index in [1.807, 2.05) is 30.2 Å². The molecular formula is C18H35IN6. The number of aliphatic imine (C=N–C) groups is 1. The molecule has 1 aromatic heterocycles. The Morgan fingerprint density at radius 2 is 1.76 bits per heavy atom. The number of likely N-dealkylation sites (tertiary alicyclic amines) is 1. The van der Waals surface area contributed by atoms with Gasteiger partial charge in [-0.1, -0.05) is 12.8 Å². The topological polar surface area (TPSA) is 57.5 Å². The maximum Gasteiger partial charge on any atom is 0.190 e. The van der Waals surface area contributed by atoms with Gasteiger partial charge in [-0.3, -0.25) is 9.67 Å². The summed E-state index contributed by atoms with van der Waals surface area (Å²) in [6, 6.07) is 1.96. The second-order valence-corrected chi connectivity index (χ2v) is 6.51. The Balaban J connectivity index is 0.00000312. The molecule has 0 amide bonds. The van der Waals surface area contributed by atoms with Gasteiger partial charge in [0.1, 0.15) is 0 Å². The molecule has 1 aliphatic rings. The zero-order valence-electron chi connectivity index (χ0n) is 15.6. The van der Waals surface area contributed by atoms with E-state index >= 15 is 0 Å². The summed E-state index contributed by atoms with van der Waals surface area (Å²) in [6.45, 7) is 6.75. The molecule has 1 aliphatic heterocycles. The molecule has 2 heterocycles. The van der Waals surface area contributed by atoms with Crippen LogP contribution >= 0.6 is 24.0 Å². The quantitative estimate of drug-likeness (QED) is 0.243. The molecule has 25 heavy (non-hydrogen) atoms. The molecule has 2 N–H and O–H groups in total. The van der Waals surface area contributed by atoms with Gasteiger partial charge in [-0.15, -0.1) is 24.0 Å². The van der Waals surface area contributed by atoms with Gasteiger partial charge in [0.05, 0.1) is 0 Å². The number of nitrogens with one attached hydrogen (secondary N) is 2. The van der Waals surface area contributed by atoms with Crippen LogP contribution in [0.3, 0.4) is 0 Å². The zero-order valence-corrected chi connectivity index (χ0v) is 18.0. The van der Waals surface area contributed by atoms with Crippen molar-refractivity contribution in [2.75, 3.05) is 39.8 Å². The van der Waals surface area contributed by atoms with Crippen LogP contribution in [-0.2, 0) is 6.54 Å². The Morgan fingerprint density at radius 1 is 1.00 bits per heavy atom. The fourth-order valence-corrected chi connectivity index (χ4v) is 3.13. The average Bonchev–Trinajstić information content (AvgIpc) is 3.14. The molecule has 1 aromatic rings. The van der Waals surface area contributed by atoms with Gasteiger partial charge in [0, 0.05) is 39.1 Å². The lowest BCUT2D eigenvalue weighted by atomic mass is 10.1. The molecule has 144 valence electrons. The molecule has 0 saturated carbocycles. The van der Waals surface area contributed by atoms with Crippen molar-refractivity contribution in [1.29, 1.82) is 0 Å². The van der Waals surface area contributed by atoms with Gasteiger partial charge in [-0.05, 0) is 57.8 Å². The molecule has 0 aromatic carbocycles. The molecule has 0 atom stereocenters. The summed E-state index contributed by atoms with van der Waals surface area (Å²) in [6.07, 6.45) is 12.9. The van der Waals surface area contributed by atoms with Crippen LogP contribution in [-0.4, -0.2) is 60.4 Å². The molecule has 2 rings (SSSR count). The highest BCUT2D eigenvalue weighted by molar-refractivity contribution is 14.0. The molecule has 0 spiro atoms. The molecule has 0 aliphatic carbocycles. The molecule has 6 nitrogen and oxygen atoms in total. The Morgan fingerprint density at radius 3 is 2.44 bits per heavy atom. The van der Waals surface area contributed by atoms with Gasteiger partial charge < -0.3 is 15.5 Å². The van der Waals surface area contributed by atoms with Crippen molar-refractivity contribution in [3.05, 3.63) is 18.5 Å². The molecular weight excluding hydrogens is 427 g/mol. The Bertz CT molecular complexity index is 442. The number of guanidine groups is 1. The molecule has 1 saturated heterocycles. The van der Waals surface area contributed by atoms with Crippen LogP contribution < -0.4 is 10.6 Å². The summed E-state index contributed by atoms with van der Waals surface area (Å²) in [5.74, 6) is 0.909. The van der Waals surface area contributed by atoms with Crippen molar-refractivity contribution in [3.63, 3.8) is 0 Å². The van der Waals surface area contributed by atoms with E-state index in [0.29, 0.717) is 0 Å². The monoisotopic (exact) mass is 462 g/mol. The average molecular weight is 462 g/mol. The lowest BCUT2D eigenvalue weighted by Gasteiger charge is -2.26. The van der Waals surface area contributed by atoms with E-state index < -0.39 is 0 Å². The minimum Gasteiger partial charge on any atom is -0.356 e. The highest BCUT2D eigenvalue weighted by Gasteiger charge is 2.08. The lowest BCUT2D eigenvalue weighted by Crippen LogP contribution is -2.38. The molecule has 0 unspecified atom stereocenters. The SMILES string of the molecule is CN=C(NCCCCCN1CCCCC1)NCCCn1cccn1.I. The third-order valence-corrected chi connectivity index (χ3v) is 4.53. The van der Waals surface area contributed by atoms with E-state index in [2.05, 4.69) is 25.6 Å². The number of unbranched alkanes of at least 4 members (excludes halogenated alkanes) is 2. The fourth-order valence-electron chi connectivity index (χ4n) is 3.13. The maximum atomic E-state index is 4.28. The van der Waals surface area contributed by atoms with Crippen molar-refractivity contribution in [2.45, 2.75) is 51.5 Å². The highest BCUT2D eigenvalue weighted by Crippen LogP contribution is 2.09. The first kappa shape index (κ1) is 22.2. The van der Waals surface area contributed by atoms with Crippen LogP contribution in [0.2, 0.25) is 0 Å². The molecule has 0 bridgehead atoms. The Kier molecular flexibility index (Phi) is 12.8. The summed E-state index contributed by atoms with van der Waals surface area (Å²) in [4.78, 5) is 6.90.